The molecule has 0 amide bonds. The van der Waals surface area contributed by atoms with Crippen molar-refractivity contribution in [1.82, 2.24) is 9.88 Å². The normalized spacial score (nSPS) is 11.0. The quantitative estimate of drug-likeness (QED) is 0.717. The molecule has 0 aliphatic heterocycles. The predicted molar refractivity (Wildman–Crippen MR) is 90.8 cm³/mol. The molecule has 0 unspecified atom stereocenters. The summed E-state index contributed by atoms with van der Waals surface area (Å²) >= 11 is 0. The third kappa shape index (κ3) is 4.00. The maximum Gasteiger partial charge on any atom is 0.0486 e. The highest BCUT2D eigenvalue weighted by Gasteiger charge is 2.09. The summed E-state index contributed by atoms with van der Waals surface area (Å²) in [5.41, 5.74) is 2.77. The van der Waals surface area contributed by atoms with E-state index in [9.17, 15) is 0 Å². The van der Waals surface area contributed by atoms with E-state index in [1.165, 1.54) is 35.7 Å². The van der Waals surface area contributed by atoms with Crippen LogP contribution in [0.4, 0.5) is 0 Å². The first-order valence-electron chi connectivity index (χ1n) is 7.53. The third-order valence-electron chi connectivity index (χ3n) is 3.65. The van der Waals surface area contributed by atoms with Gasteiger partial charge in [0, 0.05) is 29.7 Å². The van der Waals surface area contributed by atoms with Crippen LogP contribution in [-0.4, -0.2) is 11.1 Å². The van der Waals surface area contributed by atoms with Crippen LogP contribution in [0.5, 0.6) is 0 Å². The number of hydrogen-bond donors (Lipinski definition) is 1. The summed E-state index contributed by atoms with van der Waals surface area (Å²) in [5.74, 6) is 0. The van der Waals surface area contributed by atoms with Crippen molar-refractivity contribution in [1.29, 1.82) is 0 Å². The minimum absolute atomic E-state index is 0. The van der Waals surface area contributed by atoms with Gasteiger partial charge in [0.25, 0.3) is 0 Å². The summed E-state index contributed by atoms with van der Waals surface area (Å²) in [4.78, 5) is 0. The highest BCUT2D eigenvalue weighted by molar-refractivity contribution is 5.85. The minimum Gasteiger partial charge on any atom is -0.345 e. The van der Waals surface area contributed by atoms with Gasteiger partial charge in [0.05, 0.1) is 0 Å². The van der Waals surface area contributed by atoms with E-state index in [1.807, 2.05) is 0 Å². The SMILES string of the molecule is CCCCCNCc1cn(C(C)C)c2ccccc12.Cl. The molecule has 1 N–H and O–H groups in total. The molecule has 0 fully saturated rings. The Morgan fingerprint density at radius 2 is 1.90 bits per heavy atom. The number of nitrogens with zero attached hydrogens (tertiary/aromatic N) is 1. The topological polar surface area (TPSA) is 17.0 Å². The second-order valence-corrected chi connectivity index (χ2v) is 5.56. The van der Waals surface area contributed by atoms with E-state index in [0.29, 0.717) is 6.04 Å². The van der Waals surface area contributed by atoms with Gasteiger partial charge in [-0.05, 0) is 38.4 Å². The molecule has 2 rings (SSSR count). The van der Waals surface area contributed by atoms with Gasteiger partial charge in [-0.15, -0.1) is 12.4 Å². The Labute approximate surface area is 129 Å². The fourth-order valence-corrected chi connectivity index (χ4v) is 2.57. The van der Waals surface area contributed by atoms with Crippen LogP contribution in [0.15, 0.2) is 30.5 Å². The van der Waals surface area contributed by atoms with E-state index in [-0.39, 0.29) is 12.4 Å². The van der Waals surface area contributed by atoms with E-state index in [2.05, 4.69) is 61.1 Å². The largest absolute Gasteiger partial charge is 0.345 e. The molecular weight excluding hydrogens is 268 g/mol. The van der Waals surface area contributed by atoms with E-state index < -0.39 is 0 Å². The number of benzene rings is 1. The summed E-state index contributed by atoms with van der Waals surface area (Å²) in [7, 11) is 0. The third-order valence-corrected chi connectivity index (χ3v) is 3.65. The predicted octanol–water partition coefficient (Wildman–Crippen LogP) is 4.92. The number of unbranched alkanes of at least 4 members (excludes halogenated alkanes) is 2. The van der Waals surface area contributed by atoms with Crippen LogP contribution in [0, 0.1) is 0 Å². The number of rotatable bonds is 7. The van der Waals surface area contributed by atoms with Gasteiger partial charge in [-0.3, -0.25) is 0 Å². The molecule has 3 heteroatoms. The summed E-state index contributed by atoms with van der Waals surface area (Å²) < 4.78 is 2.37. The minimum atomic E-state index is 0. The number of nitrogens with one attached hydrogen (secondary N) is 1. The van der Waals surface area contributed by atoms with E-state index in [1.54, 1.807) is 0 Å². The zero-order chi connectivity index (χ0) is 13.7. The first-order valence-corrected chi connectivity index (χ1v) is 7.53. The fraction of sp³-hybridized carbons (Fsp3) is 0.529. The maximum atomic E-state index is 3.57. The van der Waals surface area contributed by atoms with Crippen molar-refractivity contribution >= 4 is 23.3 Å². The Bertz CT molecular complexity index is 517. The van der Waals surface area contributed by atoms with Gasteiger partial charge in [0.15, 0.2) is 0 Å². The number of hydrogen-bond acceptors (Lipinski definition) is 1. The second kappa shape index (κ2) is 8.33. The number of para-hydroxylation sites is 1. The Balaban J connectivity index is 0.00000200. The zero-order valence-corrected chi connectivity index (χ0v) is 13.7. The van der Waals surface area contributed by atoms with E-state index >= 15 is 0 Å². The Kier molecular flexibility index (Phi) is 7.11. The van der Waals surface area contributed by atoms with Crippen LogP contribution < -0.4 is 5.32 Å². The van der Waals surface area contributed by atoms with Gasteiger partial charge < -0.3 is 9.88 Å². The van der Waals surface area contributed by atoms with Crippen LogP contribution >= 0.6 is 12.4 Å². The van der Waals surface area contributed by atoms with Crippen LogP contribution in [-0.2, 0) is 6.54 Å². The first-order chi connectivity index (χ1) is 9.24. The molecule has 0 radical (unpaired) electrons. The average molecular weight is 295 g/mol. The van der Waals surface area contributed by atoms with Crippen LogP contribution in [0.3, 0.4) is 0 Å². The molecule has 0 spiro atoms. The lowest BCUT2D eigenvalue weighted by molar-refractivity contribution is 0.605. The smallest absolute Gasteiger partial charge is 0.0486 e. The molecule has 0 aliphatic rings. The van der Waals surface area contributed by atoms with Crippen molar-refractivity contribution in [3.63, 3.8) is 0 Å². The van der Waals surface area contributed by atoms with Crippen molar-refractivity contribution in [2.75, 3.05) is 6.54 Å². The standard InChI is InChI=1S/C17H26N2.ClH/c1-4-5-8-11-18-12-15-13-19(14(2)3)17-10-7-6-9-16(15)17;/h6-7,9-10,13-14,18H,4-5,8,11-12H2,1-3H3;1H. The fourth-order valence-electron chi connectivity index (χ4n) is 2.57. The maximum absolute atomic E-state index is 3.57. The molecule has 1 aromatic carbocycles. The van der Waals surface area contributed by atoms with Gasteiger partial charge in [-0.2, -0.15) is 0 Å². The molecule has 0 aliphatic carbocycles. The van der Waals surface area contributed by atoms with Gasteiger partial charge in [0.2, 0.25) is 0 Å². The molecule has 0 atom stereocenters. The molecular formula is C17H27ClN2. The van der Waals surface area contributed by atoms with E-state index in [0.717, 1.165) is 13.1 Å². The molecule has 20 heavy (non-hydrogen) atoms. The first kappa shape index (κ1) is 17.1. The lowest BCUT2D eigenvalue weighted by Crippen LogP contribution is -2.14. The summed E-state index contributed by atoms with van der Waals surface area (Å²) in [6, 6.07) is 9.22. The van der Waals surface area contributed by atoms with Crippen molar-refractivity contribution in [3.05, 3.63) is 36.0 Å². The highest BCUT2D eigenvalue weighted by atomic mass is 35.5. The lowest BCUT2D eigenvalue weighted by atomic mass is 10.2. The molecule has 2 nitrogen and oxygen atoms in total. The van der Waals surface area contributed by atoms with Gasteiger partial charge in [-0.1, -0.05) is 38.0 Å². The van der Waals surface area contributed by atoms with Crippen molar-refractivity contribution < 1.29 is 0 Å². The Hall–Kier alpha value is -0.990. The van der Waals surface area contributed by atoms with Gasteiger partial charge >= 0.3 is 0 Å². The Morgan fingerprint density at radius 3 is 2.60 bits per heavy atom. The zero-order valence-electron chi connectivity index (χ0n) is 12.9. The molecule has 1 aromatic heterocycles. The van der Waals surface area contributed by atoms with E-state index in [4.69, 9.17) is 0 Å². The molecule has 0 saturated heterocycles. The number of halogens is 1. The summed E-state index contributed by atoms with van der Waals surface area (Å²) in [5, 5.41) is 4.96. The van der Waals surface area contributed by atoms with Gasteiger partial charge in [0.1, 0.15) is 0 Å². The monoisotopic (exact) mass is 294 g/mol. The number of fused-ring (bicyclic) bond motifs is 1. The highest BCUT2D eigenvalue weighted by Crippen LogP contribution is 2.24. The Morgan fingerprint density at radius 1 is 1.15 bits per heavy atom. The van der Waals surface area contributed by atoms with Crippen molar-refractivity contribution in [3.8, 4) is 0 Å². The average Bonchev–Trinajstić information content (AvgIpc) is 2.78. The molecule has 0 saturated carbocycles. The van der Waals surface area contributed by atoms with Crippen LogP contribution in [0.25, 0.3) is 10.9 Å². The summed E-state index contributed by atoms with van der Waals surface area (Å²) in [6.45, 7) is 8.82. The van der Waals surface area contributed by atoms with Crippen LogP contribution in [0.2, 0.25) is 0 Å². The summed E-state index contributed by atoms with van der Waals surface area (Å²) in [6.07, 6.45) is 6.19. The second-order valence-electron chi connectivity index (χ2n) is 5.56. The molecule has 0 bridgehead atoms. The molecule has 112 valence electrons. The van der Waals surface area contributed by atoms with Crippen molar-refractivity contribution in [2.45, 2.75) is 52.6 Å². The number of aromatic nitrogens is 1. The molecule has 2 aromatic rings. The van der Waals surface area contributed by atoms with Crippen molar-refractivity contribution in [2.24, 2.45) is 0 Å². The molecule has 1 heterocycles. The van der Waals surface area contributed by atoms with Gasteiger partial charge in [-0.25, -0.2) is 0 Å². The lowest BCUT2D eigenvalue weighted by Gasteiger charge is -2.08. The van der Waals surface area contributed by atoms with Crippen LogP contribution in [0.1, 0.15) is 51.6 Å².